The average molecular weight is 401 g/mol. The van der Waals surface area contributed by atoms with Crippen LogP contribution in [0, 0.1) is 3.57 Å². The highest BCUT2D eigenvalue weighted by molar-refractivity contribution is 14.1. The van der Waals surface area contributed by atoms with E-state index in [4.69, 9.17) is 11.6 Å². The van der Waals surface area contributed by atoms with Gasteiger partial charge in [0.1, 0.15) is 0 Å². The minimum Gasteiger partial charge on any atom is -0.337 e. The van der Waals surface area contributed by atoms with E-state index in [0.29, 0.717) is 16.6 Å². The Labute approximate surface area is 132 Å². The van der Waals surface area contributed by atoms with E-state index in [-0.39, 0.29) is 18.3 Å². The molecule has 6 heteroatoms. The number of amides is 1. The summed E-state index contributed by atoms with van der Waals surface area (Å²) in [6, 6.07) is 5.88. The highest BCUT2D eigenvalue weighted by Crippen LogP contribution is 2.21. The molecule has 1 fully saturated rings. The smallest absolute Gasteiger partial charge is 0.253 e. The van der Waals surface area contributed by atoms with Gasteiger partial charge in [-0.2, -0.15) is 0 Å². The van der Waals surface area contributed by atoms with Crippen LogP contribution in [0.1, 0.15) is 16.8 Å². The van der Waals surface area contributed by atoms with Crippen molar-refractivity contribution in [1.82, 2.24) is 10.2 Å². The van der Waals surface area contributed by atoms with Crippen LogP contribution in [-0.2, 0) is 0 Å². The van der Waals surface area contributed by atoms with Crippen molar-refractivity contribution >= 4 is 52.5 Å². The second kappa shape index (κ2) is 6.93. The van der Waals surface area contributed by atoms with Crippen molar-refractivity contribution in [2.45, 2.75) is 12.5 Å². The van der Waals surface area contributed by atoms with E-state index in [9.17, 15) is 4.79 Å². The lowest BCUT2D eigenvalue weighted by Crippen LogP contribution is -2.33. The van der Waals surface area contributed by atoms with Gasteiger partial charge in [0.05, 0.1) is 5.02 Å². The molecule has 1 N–H and O–H groups in total. The lowest BCUT2D eigenvalue weighted by molar-refractivity contribution is 0.0789. The minimum absolute atomic E-state index is 0. The molecule has 0 bridgehead atoms. The van der Waals surface area contributed by atoms with Crippen LogP contribution in [0.15, 0.2) is 18.2 Å². The van der Waals surface area contributed by atoms with Crippen molar-refractivity contribution in [1.29, 1.82) is 0 Å². The first kappa shape index (κ1) is 16.0. The normalized spacial score (nSPS) is 18.6. The number of hydrogen-bond donors (Lipinski definition) is 1. The van der Waals surface area contributed by atoms with E-state index < -0.39 is 0 Å². The highest BCUT2D eigenvalue weighted by atomic mass is 127. The predicted octanol–water partition coefficient (Wildman–Crippen LogP) is 2.80. The van der Waals surface area contributed by atoms with Gasteiger partial charge in [-0.3, -0.25) is 4.79 Å². The Bertz CT molecular complexity index is 442. The summed E-state index contributed by atoms with van der Waals surface area (Å²) in [7, 11) is 1.93. The van der Waals surface area contributed by atoms with E-state index in [1.807, 2.05) is 24.1 Å². The number of carbonyl (C=O) groups excluding carboxylic acids is 1. The van der Waals surface area contributed by atoms with E-state index in [1.165, 1.54) is 0 Å². The molecule has 0 radical (unpaired) electrons. The molecule has 3 nitrogen and oxygen atoms in total. The maximum absolute atomic E-state index is 12.2. The Hall–Kier alpha value is -0.0400. The second-order valence-corrected chi connectivity index (χ2v) is 5.72. The first-order valence-electron chi connectivity index (χ1n) is 5.53. The summed E-state index contributed by atoms with van der Waals surface area (Å²) in [6.45, 7) is 1.59. The number of hydrogen-bond acceptors (Lipinski definition) is 2. The molecule has 0 aliphatic carbocycles. The molecule has 1 aromatic carbocycles. The van der Waals surface area contributed by atoms with E-state index in [0.717, 1.165) is 23.1 Å². The Kier molecular flexibility index (Phi) is 6.17. The SMILES string of the molecule is CNC1CCN(C(=O)c2ccc(I)c(Cl)c2)C1.Cl. The third-order valence-corrected chi connectivity index (χ3v) is 4.62. The lowest BCUT2D eigenvalue weighted by atomic mass is 10.2. The molecule has 1 aromatic rings. The van der Waals surface area contributed by atoms with Crippen LogP contribution in [0.25, 0.3) is 0 Å². The van der Waals surface area contributed by atoms with Gasteiger partial charge in [0.15, 0.2) is 0 Å². The van der Waals surface area contributed by atoms with Crippen molar-refractivity contribution in [2.24, 2.45) is 0 Å². The van der Waals surface area contributed by atoms with Crippen molar-refractivity contribution in [3.63, 3.8) is 0 Å². The van der Waals surface area contributed by atoms with Gasteiger partial charge in [-0.25, -0.2) is 0 Å². The third-order valence-electron chi connectivity index (χ3n) is 3.05. The van der Waals surface area contributed by atoms with Crippen molar-refractivity contribution in [3.8, 4) is 0 Å². The quantitative estimate of drug-likeness (QED) is 0.774. The Balaban J connectivity index is 0.00000162. The first-order chi connectivity index (χ1) is 8.11. The van der Waals surface area contributed by atoms with E-state index in [2.05, 4.69) is 27.9 Å². The van der Waals surface area contributed by atoms with Gasteiger partial charge >= 0.3 is 0 Å². The molecular formula is C12H15Cl2IN2O. The predicted molar refractivity (Wildman–Crippen MR) is 84.8 cm³/mol. The molecule has 1 amide bonds. The molecule has 1 unspecified atom stereocenters. The number of benzene rings is 1. The zero-order valence-corrected chi connectivity index (χ0v) is 13.7. The van der Waals surface area contributed by atoms with Gasteiger partial charge in [0.25, 0.3) is 5.91 Å². The minimum atomic E-state index is 0. The summed E-state index contributed by atoms with van der Waals surface area (Å²) in [5, 5.41) is 3.84. The van der Waals surface area contributed by atoms with Gasteiger partial charge in [-0.1, -0.05) is 11.6 Å². The van der Waals surface area contributed by atoms with Crippen LogP contribution in [0.5, 0.6) is 0 Å². The highest BCUT2D eigenvalue weighted by Gasteiger charge is 2.25. The second-order valence-electron chi connectivity index (χ2n) is 4.15. The molecule has 1 aliphatic rings. The maximum atomic E-state index is 12.2. The fourth-order valence-corrected chi connectivity index (χ4v) is 2.51. The standard InChI is InChI=1S/C12H14ClIN2O.ClH/c1-15-9-4-5-16(7-9)12(17)8-2-3-11(14)10(13)6-8;/h2-3,6,9,15H,4-5,7H2,1H3;1H. The molecule has 0 saturated carbocycles. The number of carbonyl (C=O) groups is 1. The summed E-state index contributed by atoms with van der Waals surface area (Å²) in [5.74, 6) is 0.0704. The van der Waals surface area contributed by atoms with Gasteiger partial charge in [-0.05, 0) is 54.3 Å². The number of nitrogens with one attached hydrogen (secondary N) is 1. The number of likely N-dealkylation sites (N-methyl/N-ethyl adjacent to an activating group) is 1. The molecule has 18 heavy (non-hydrogen) atoms. The summed E-state index contributed by atoms with van der Waals surface area (Å²) < 4.78 is 0.968. The molecule has 1 aliphatic heterocycles. The van der Waals surface area contributed by atoms with Crippen LogP contribution in [0.3, 0.4) is 0 Å². The summed E-state index contributed by atoms with van der Waals surface area (Å²) in [5.41, 5.74) is 0.673. The summed E-state index contributed by atoms with van der Waals surface area (Å²) >= 11 is 8.19. The van der Waals surface area contributed by atoms with E-state index in [1.54, 1.807) is 6.07 Å². The van der Waals surface area contributed by atoms with Gasteiger partial charge in [0, 0.05) is 28.3 Å². The van der Waals surface area contributed by atoms with Crippen LogP contribution in [-0.4, -0.2) is 37.0 Å². The largest absolute Gasteiger partial charge is 0.337 e. The molecule has 100 valence electrons. The Morgan fingerprint density at radius 2 is 2.28 bits per heavy atom. The van der Waals surface area contributed by atoms with Gasteiger partial charge in [0.2, 0.25) is 0 Å². The fourth-order valence-electron chi connectivity index (χ4n) is 1.99. The Morgan fingerprint density at radius 1 is 1.56 bits per heavy atom. The summed E-state index contributed by atoms with van der Waals surface area (Å²) in [4.78, 5) is 14.1. The third kappa shape index (κ3) is 3.50. The zero-order valence-electron chi connectivity index (χ0n) is 9.95. The molecule has 1 heterocycles. The van der Waals surface area contributed by atoms with E-state index >= 15 is 0 Å². The zero-order chi connectivity index (χ0) is 12.4. The number of likely N-dealkylation sites (tertiary alicyclic amines) is 1. The van der Waals surface area contributed by atoms with Crippen LogP contribution in [0.4, 0.5) is 0 Å². The lowest BCUT2D eigenvalue weighted by Gasteiger charge is -2.16. The molecular weight excluding hydrogens is 386 g/mol. The van der Waals surface area contributed by atoms with Crippen LogP contribution in [0.2, 0.25) is 5.02 Å². The van der Waals surface area contributed by atoms with Crippen LogP contribution < -0.4 is 5.32 Å². The monoisotopic (exact) mass is 400 g/mol. The number of nitrogens with zero attached hydrogens (tertiary/aromatic N) is 1. The fraction of sp³-hybridized carbons (Fsp3) is 0.417. The average Bonchev–Trinajstić information content (AvgIpc) is 2.80. The molecule has 2 rings (SSSR count). The molecule has 1 saturated heterocycles. The maximum Gasteiger partial charge on any atom is 0.253 e. The van der Waals surface area contributed by atoms with Crippen molar-refractivity contribution in [2.75, 3.05) is 20.1 Å². The molecule has 0 spiro atoms. The molecule has 1 atom stereocenters. The van der Waals surface area contributed by atoms with Crippen LogP contribution >= 0.6 is 46.6 Å². The summed E-state index contributed by atoms with van der Waals surface area (Å²) in [6.07, 6.45) is 1.01. The molecule has 0 aromatic heterocycles. The van der Waals surface area contributed by atoms with Gasteiger partial charge < -0.3 is 10.2 Å². The van der Waals surface area contributed by atoms with Crippen molar-refractivity contribution in [3.05, 3.63) is 32.4 Å². The first-order valence-corrected chi connectivity index (χ1v) is 6.99. The number of halogens is 3. The van der Waals surface area contributed by atoms with Crippen molar-refractivity contribution < 1.29 is 4.79 Å². The van der Waals surface area contributed by atoms with Gasteiger partial charge in [-0.15, -0.1) is 12.4 Å². The Morgan fingerprint density at radius 3 is 2.83 bits per heavy atom. The topological polar surface area (TPSA) is 32.3 Å². The number of rotatable bonds is 2.